The summed E-state index contributed by atoms with van der Waals surface area (Å²) >= 11 is 0. The molecule has 0 radical (unpaired) electrons. The molecular weight excluding hydrogens is 827 g/mol. The maximum absolute atomic E-state index is 13.9. The van der Waals surface area contributed by atoms with Crippen LogP contribution in [0.2, 0.25) is 0 Å². The van der Waals surface area contributed by atoms with Gasteiger partial charge in [-0.15, -0.1) is 26.3 Å². The van der Waals surface area contributed by atoms with Crippen molar-refractivity contribution in [1.29, 1.82) is 0 Å². The topological polar surface area (TPSA) is 180 Å². The lowest BCUT2D eigenvalue weighted by Crippen LogP contribution is -2.34. The second-order valence-corrected chi connectivity index (χ2v) is 13.5. The van der Waals surface area contributed by atoms with Gasteiger partial charge in [0.15, 0.2) is 11.3 Å². The van der Waals surface area contributed by atoms with E-state index in [-0.39, 0.29) is 63.7 Å². The van der Waals surface area contributed by atoms with E-state index < -0.39 is 36.0 Å². The molecule has 2 amide bonds. The summed E-state index contributed by atoms with van der Waals surface area (Å²) in [5.74, 6) is -2.09. The predicted molar refractivity (Wildman–Crippen MR) is 206 cm³/mol. The highest BCUT2D eigenvalue weighted by Crippen LogP contribution is 2.34. The second kappa shape index (κ2) is 15.9. The SMILES string of the molecule is Cc1cc(C)nc(NC(=O)c2c[n+](Cc3cc(NC(=O)c4cnc5ccc(-c6ccccc6OC(F)(F)F)nn45)nc(C)n3)c3ccc(-c4ccccc4OC(F)(F)F)nn23)n1. The highest BCUT2D eigenvalue weighted by atomic mass is 19.4. The molecule has 314 valence electrons. The quantitative estimate of drug-likeness (QED) is 0.109. The average molecular weight is 856 g/mol. The number of imidazole rings is 2. The van der Waals surface area contributed by atoms with Crippen LogP contribution in [0.5, 0.6) is 11.5 Å². The third kappa shape index (κ3) is 8.92. The number of halogens is 6. The predicted octanol–water partition coefficient (Wildman–Crippen LogP) is 6.85. The lowest BCUT2D eigenvalue weighted by Gasteiger charge is -2.13. The van der Waals surface area contributed by atoms with Crippen molar-refractivity contribution in [3.8, 4) is 34.0 Å². The number of fused-ring (bicyclic) bond motifs is 2. The summed E-state index contributed by atoms with van der Waals surface area (Å²) in [6.45, 7) is 5.01. The number of amides is 2. The monoisotopic (exact) mass is 855 g/mol. The number of nitrogens with zero attached hydrogens (tertiary/aromatic N) is 10. The van der Waals surface area contributed by atoms with Crippen molar-refractivity contribution in [2.75, 3.05) is 10.6 Å². The maximum atomic E-state index is 13.9. The molecule has 2 aromatic carbocycles. The number of hydrogen-bond acceptors (Lipinski definition) is 11. The van der Waals surface area contributed by atoms with Crippen molar-refractivity contribution in [2.45, 2.75) is 40.0 Å². The molecule has 6 aromatic heterocycles. The fraction of sp³-hybridized carbons (Fsp3) is 0.150. The summed E-state index contributed by atoms with van der Waals surface area (Å²) in [4.78, 5) is 49.1. The Morgan fingerprint density at radius 1 is 0.677 bits per heavy atom. The molecule has 0 aliphatic heterocycles. The summed E-state index contributed by atoms with van der Waals surface area (Å²) in [6.07, 6.45) is -7.25. The Hall–Kier alpha value is -8.04. The van der Waals surface area contributed by atoms with Crippen molar-refractivity contribution in [3.05, 3.63) is 132 Å². The van der Waals surface area contributed by atoms with Gasteiger partial charge in [-0.05, 0) is 69.3 Å². The van der Waals surface area contributed by atoms with Gasteiger partial charge in [-0.1, -0.05) is 33.9 Å². The Morgan fingerprint density at radius 2 is 1.26 bits per heavy atom. The van der Waals surface area contributed by atoms with Gasteiger partial charge in [0.1, 0.15) is 41.6 Å². The van der Waals surface area contributed by atoms with Crippen LogP contribution in [-0.4, -0.2) is 68.7 Å². The first-order chi connectivity index (χ1) is 29.5. The molecule has 62 heavy (non-hydrogen) atoms. The van der Waals surface area contributed by atoms with Gasteiger partial charge in [0.2, 0.25) is 5.95 Å². The molecule has 0 saturated heterocycles. The molecule has 0 spiro atoms. The van der Waals surface area contributed by atoms with Crippen LogP contribution >= 0.6 is 0 Å². The zero-order valence-corrected chi connectivity index (χ0v) is 32.3. The van der Waals surface area contributed by atoms with E-state index >= 15 is 0 Å². The van der Waals surface area contributed by atoms with Crippen LogP contribution in [-0.2, 0) is 6.54 Å². The molecular formula is C40H29F6N12O4+. The number of ether oxygens (including phenoxy) is 2. The Kier molecular flexibility index (Phi) is 10.4. The number of benzene rings is 2. The molecule has 6 heterocycles. The van der Waals surface area contributed by atoms with Crippen LogP contribution in [0, 0.1) is 20.8 Å². The Balaban J connectivity index is 1.12. The molecule has 22 heteroatoms. The lowest BCUT2D eigenvalue weighted by molar-refractivity contribution is -0.662. The molecule has 2 N–H and O–H groups in total. The number of aromatic nitrogens is 10. The largest absolute Gasteiger partial charge is 0.573 e. The van der Waals surface area contributed by atoms with Crippen LogP contribution in [0.1, 0.15) is 43.9 Å². The molecule has 0 aliphatic carbocycles. The first-order valence-electron chi connectivity index (χ1n) is 18.2. The third-order valence-electron chi connectivity index (χ3n) is 8.89. The average Bonchev–Trinajstić information content (AvgIpc) is 3.77. The zero-order valence-electron chi connectivity index (χ0n) is 32.3. The van der Waals surface area contributed by atoms with E-state index in [0.717, 1.165) is 16.6 Å². The Labute approximate surface area is 344 Å². The summed E-state index contributed by atoms with van der Waals surface area (Å²) in [7, 11) is 0. The number of alkyl halides is 6. The minimum Gasteiger partial charge on any atom is -0.405 e. The van der Waals surface area contributed by atoms with Crippen molar-refractivity contribution in [1.82, 2.24) is 44.1 Å². The summed E-state index contributed by atoms with van der Waals surface area (Å²) in [5.41, 5.74) is 2.08. The van der Waals surface area contributed by atoms with Crippen molar-refractivity contribution in [3.63, 3.8) is 0 Å². The van der Waals surface area contributed by atoms with E-state index in [1.54, 1.807) is 37.5 Å². The van der Waals surface area contributed by atoms with Gasteiger partial charge in [-0.3, -0.25) is 14.9 Å². The van der Waals surface area contributed by atoms with Gasteiger partial charge in [0.05, 0.1) is 17.6 Å². The standard InChI is InChI=1S/C40H28F6N12O4/c1-21-16-22(2)49-38(48-21)53-37(60)30-20-56(35-15-13-28(55-58(30)35)26-9-5-7-11-32(26)62-40(44,45)46)19-24-17-33(51-23(3)50-24)52-36(59)29-18-47-34-14-12-27(54-57(29)34)25-8-4-6-10-31(25)61-39(41,42)43/h4-18,20H,19H2,1-3H3,(H-,48,49,50,51,52,53,59,60)/p+1. The summed E-state index contributed by atoms with van der Waals surface area (Å²) < 4.78 is 91.9. The lowest BCUT2D eigenvalue weighted by atomic mass is 10.1. The third-order valence-corrected chi connectivity index (χ3v) is 8.89. The number of anilines is 2. The molecule has 16 nitrogen and oxygen atoms in total. The number of rotatable bonds is 10. The molecule has 0 atom stereocenters. The number of para-hydroxylation sites is 2. The van der Waals surface area contributed by atoms with E-state index in [1.165, 1.54) is 77.6 Å². The first-order valence-corrected chi connectivity index (χ1v) is 18.2. The van der Waals surface area contributed by atoms with Gasteiger partial charge in [0, 0.05) is 34.6 Å². The maximum Gasteiger partial charge on any atom is 0.573 e. The summed E-state index contributed by atoms with van der Waals surface area (Å²) in [5, 5.41) is 14.3. The zero-order chi connectivity index (χ0) is 43.9. The van der Waals surface area contributed by atoms with Crippen molar-refractivity contribution < 1.29 is 50.0 Å². The van der Waals surface area contributed by atoms with Crippen LogP contribution in [0.25, 0.3) is 33.8 Å². The number of carbonyl (C=O) groups is 2. The van der Waals surface area contributed by atoms with Gasteiger partial charge in [0.25, 0.3) is 11.6 Å². The fourth-order valence-electron chi connectivity index (χ4n) is 6.54. The minimum atomic E-state index is -4.99. The van der Waals surface area contributed by atoms with Crippen molar-refractivity contribution >= 4 is 34.9 Å². The first kappa shape index (κ1) is 40.7. The highest BCUT2D eigenvalue weighted by Gasteiger charge is 2.34. The van der Waals surface area contributed by atoms with E-state index in [2.05, 4.69) is 55.2 Å². The van der Waals surface area contributed by atoms with Crippen LogP contribution in [0.3, 0.4) is 0 Å². The number of carbonyl (C=O) groups excluding carboxylic acids is 2. The van der Waals surface area contributed by atoms with E-state index in [0.29, 0.717) is 22.7 Å². The van der Waals surface area contributed by atoms with Crippen molar-refractivity contribution in [2.24, 2.45) is 0 Å². The Bertz CT molecular complexity index is 3020. The van der Waals surface area contributed by atoms with Gasteiger partial charge < -0.3 is 14.8 Å². The van der Waals surface area contributed by atoms with Crippen LogP contribution in [0.15, 0.2) is 97.3 Å². The van der Waals surface area contributed by atoms with E-state index in [1.807, 2.05) is 0 Å². The highest BCUT2D eigenvalue weighted by molar-refractivity contribution is 6.03. The normalized spacial score (nSPS) is 11.8. The molecule has 0 bridgehead atoms. The molecule has 0 saturated carbocycles. The molecule has 0 fully saturated rings. The fourth-order valence-corrected chi connectivity index (χ4v) is 6.54. The minimum absolute atomic E-state index is 0.000425. The van der Waals surface area contributed by atoms with Crippen LogP contribution in [0.4, 0.5) is 38.1 Å². The van der Waals surface area contributed by atoms with Gasteiger partial charge >= 0.3 is 24.3 Å². The smallest absolute Gasteiger partial charge is 0.405 e. The van der Waals surface area contributed by atoms with E-state index in [4.69, 9.17) is 0 Å². The Morgan fingerprint density at radius 3 is 1.89 bits per heavy atom. The van der Waals surface area contributed by atoms with Gasteiger partial charge in [-0.2, -0.15) is 5.10 Å². The molecule has 0 aliphatic rings. The summed E-state index contributed by atoms with van der Waals surface area (Å²) in [6, 6.07) is 20.0. The molecule has 0 unspecified atom stereocenters. The van der Waals surface area contributed by atoms with Gasteiger partial charge in [-0.25, -0.2) is 34.0 Å². The van der Waals surface area contributed by atoms with E-state index in [9.17, 15) is 35.9 Å². The van der Waals surface area contributed by atoms with Crippen LogP contribution < -0.4 is 24.7 Å². The number of hydrogen-bond donors (Lipinski definition) is 2. The number of aryl methyl sites for hydroxylation is 3. The molecule has 8 aromatic rings. The molecule has 8 rings (SSSR count). The number of nitrogens with one attached hydrogen (secondary N) is 2. The second-order valence-electron chi connectivity index (χ2n) is 13.5.